The Bertz CT molecular complexity index is 1280. The van der Waals surface area contributed by atoms with Gasteiger partial charge in [0.05, 0.1) is 18.3 Å². The highest BCUT2D eigenvalue weighted by Gasteiger charge is 2.20. The van der Waals surface area contributed by atoms with Gasteiger partial charge in [-0.15, -0.1) is 10.2 Å². The molecule has 1 saturated heterocycles. The molecule has 4 aromatic rings. The SMILES string of the molecule is CC(NC(=O)CSc1nnc(CN2CCCCC2)n1-c1ccccc1)c1ccc2ccccc2c1. The van der Waals surface area contributed by atoms with Crippen LogP contribution in [0.5, 0.6) is 0 Å². The molecule has 0 saturated carbocycles. The van der Waals surface area contributed by atoms with Crippen molar-refractivity contribution in [2.45, 2.75) is 43.9 Å². The largest absolute Gasteiger partial charge is 0.349 e. The number of fused-ring (bicyclic) bond motifs is 1. The molecule has 35 heavy (non-hydrogen) atoms. The molecule has 0 spiro atoms. The molecule has 1 N–H and O–H groups in total. The highest BCUT2D eigenvalue weighted by molar-refractivity contribution is 7.99. The summed E-state index contributed by atoms with van der Waals surface area (Å²) in [7, 11) is 0. The van der Waals surface area contributed by atoms with Crippen LogP contribution in [0.4, 0.5) is 0 Å². The molecule has 3 aromatic carbocycles. The van der Waals surface area contributed by atoms with Crippen molar-refractivity contribution in [3.05, 3.63) is 84.2 Å². The van der Waals surface area contributed by atoms with Crippen LogP contribution in [-0.4, -0.2) is 44.4 Å². The molecule has 0 radical (unpaired) electrons. The molecule has 1 fully saturated rings. The highest BCUT2D eigenvalue weighted by atomic mass is 32.2. The normalized spacial score (nSPS) is 15.2. The van der Waals surface area contributed by atoms with Crippen molar-refractivity contribution in [3.63, 3.8) is 0 Å². The van der Waals surface area contributed by atoms with Gasteiger partial charge in [0, 0.05) is 5.69 Å². The lowest BCUT2D eigenvalue weighted by atomic mass is 10.0. The number of aromatic nitrogens is 3. The lowest BCUT2D eigenvalue weighted by Gasteiger charge is -2.26. The number of para-hydroxylation sites is 1. The van der Waals surface area contributed by atoms with Crippen molar-refractivity contribution in [2.75, 3.05) is 18.8 Å². The Labute approximate surface area is 210 Å². The smallest absolute Gasteiger partial charge is 0.230 e. The third-order valence-corrected chi connectivity index (χ3v) is 7.44. The number of carbonyl (C=O) groups excluding carboxylic acids is 1. The molecular formula is C28H31N5OS. The lowest BCUT2D eigenvalue weighted by Crippen LogP contribution is -2.30. The van der Waals surface area contributed by atoms with Crippen LogP contribution in [0.3, 0.4) is 0 Å². The molecule has 1 aliphatic heterocycles. The van der Waals surface area contributed by atoms with Gasteiger partial charge in [0.25, 0.3) is 0 Å². The van der Waals surface area contributed by atoms with E-state index in [2.05, 4.69) is 67.4 Å². The summed E-state index contributed by atoms with van der Waals surface area (Å²) >= 11 is 1.43. The molecule has 1 amide bonds. The number of hydrogen-bond acceptors (Lipinski definition) is 5. The van der Waals surface area contributed by atoms with Crippen LogP contribution in [0, 0.1) is 0 Å². The molecule has 6 nitrogen and oxygen atoms in total. The fourth-order valence-electron chi connectivity index (χ4n) is 4.62. The Balaban J connectivity index is 1.27. The third kappa shape index (κ3) is 5.74. The van der Waals surface area contributed by atoms with Gasteiger partial charge in [-0.25, -0.2) is 0 Å². The number of thioether (sulfide) groups is 1. The fraction of sp³-hybridized carbons (Fsp3) is 0.321. The summed E-state index contributed by atoms with van der Waals surface area (Å²) in [4.78, 5) is 15.3. The standard InChI is InChI=1S/C28H31N5OS/c1-21(23-15-14-22-10-6-7-11-24(22)18-23)29-27(34)20-35-28-31-30-26(19-32-16-8-3-9-17-32)33(28)25-12-4-2-5-13-25/h2,4-7,10-15,18,21H,3,8-9,16-17,19-20H2,1H3,(H,29,34). The van der Waals surface area contributed by atoms with Crippen LogP contribution < -0.4 is 5.32 Å². The lowest BCUT2D eigenvalue weighted by molar-refractivity contribution is -0.119. The van der Waals surface area contributed by atoms with E-state index in [9.17, 15) is 4.79 Å². The molecule has 1 aliphatic rings. The first kappa shape index (κ1) is 23.6. The van der Waals surface area contributed by atoms with Crippen LogP contribution >= 0.6 is 11.8 Å². The monoisotopic (exact) mass is 485 g/mol. The average Bonchev–Trinajstić information content (AvgIpc) is 3.30. The van der Waals surface area contributed by atoms with Crippen molar-refractivity contribution < 1.29 is 4.79 Å². The number of carbonyl (C=O) groups is 1. The number of piperidine rings is 1. The van der Waals surface area contributed by atoms with Gasteiger partial charge in [0.2, 0.25) is 5.91 Å². The van der Waals surface area contributed by atoms with Gasteiger partial charge < -0.3 is 5.32 Å². The summed E-state index contributed by atoms with van der Waals surface area (Å²) in [5.41, 5.74) is 2.12. The highest BCUT2D eigenvalue weighted by Crippen LogP contribution is 2.24. The minimum atomic E-state index is -0.0747. The minimum Gasteiger partial charge on any atom is -0.349 e. The Morgan fingerprint density at radius 2 is 1.69 bits per heavy atom. The number of benzene rings is 3. The summed E-state index contributed by atoms with van der Waals surface area (Å²) in [5.74, 6) is 1.19. The van der Waals surface area contributed by atoms with Crippen LogP contribution in [0.25, 0.3) is 16.5 Å². The second kappa shape index (κ2) is 11.1. The van der Waals surface area contributed by atoms with Crippen LogP contribution in [-0.2, 0) is 11.3 Å². The molecule has 1 aromatic heterocycles. The molecule has 5 rings (SSSR count). The van der Waals surface area contributed by atoms with Crippen molar-refractivity contribution >= 4 is 28.4 Å². The number of rotatable bonds is 8. The van der Waals surface area contributed by atoms with E-state index in [4.69, 9.17) is 0 Å². The number of nitrogens with one attached hydrogen (secondary N) is 1. The maximum absolute atomic E-state index is 12.8. The Morgan fingerprint density at radius 3 is 2.49 bits per heavy atom. The van der Waals surface area contributed by atoms with Crippen molar-refractivity contribution in [2.24, 2.45) is 0 Å². The molecule has 1 unspecified atom stereocenters. The zero-order valence-corrected chi connectivity index (χ0v) is 20.9. The third-order valence-electron chi connectivity index (χ3n) is 6.51. The molecular weight excluding hydrogens is 454 g/mol. The second-order valence-electron chi connectivity index (χ2n) is 9.09. The summed E-state index contributed by atoms with van der Waals surface area (Å²) in [6.45, 7) is 4.99. The van der Waals surface area contributed by atoms with Crippen molar-refractivity contribution in [1.29, 1.82) is 0 Å². The van der Waals surface area contributed by atoms with Gasteiger partial charge in [-0.3, -0.25) is 14.3 Å². The van der Waals surface area contributed by atoms with E-state index in [1.165, 1.54) is 41.8 Å². The summed E-state index contributed by atoms with van der Waals surface area (Å²) < 4.78 is 2.10. The van der Waals surface area contributed by atoms with Crippen molar-refractivity contribution in [3.8, 4) is 5.69 Å². The summed E-state index contributed by atoms with van der Waals surface area (Å²) in [6.07, 6.45) is 3.77. The number of amides is 1. The average molecular weight is 486 g/mol. The van der Waals surface area contributed by atoms with Crippen LogP contribution in [0.15, 0.2) is 78.0 Å². The van der Waals surface area contributed by atoms with Gasteiger partial charge in [0.15, 0.2) is 11.0 Å². The van der Waals surface area contributed by atoms with E-state index in [-0.39, 0.29) is 17.7 Å². The summed E-state index contributed by atoms with van der Waals surface area (Å²) in [6, 6.07) is 24.7. The van der Waals surface area contributed by atoms with E-state index >= 15 is 0 Å². The Hall–Kier alpha value is -3.16. The fourth-order valence-corrected chi connectivity index (χ4v) is 5.41. The number of nitrogens with zero attached hydrogens (tertiary/aromatic N) is 4. The van der Waals surface area contributed by atoms with Gasteiger partial charge >= 0.3 is 0 Å². The van der Waals surface area contributed by atoms with Crippen LogP contribution in [0.1, 0.15) is 43.6 Å². The van der Waals surface area contributed by atoms with Crippen LogP contribution in [0.2, 0.25) is 0 Å². The van der Waals surface area contributed by atoms with Gasteiger partial charge in [-0.05, 0) is 67.4 Å². The maximum atomic E-state index is 12.8. The predicted octanol–water partition coefficient (Wildman–Crippen LogP) is 5.38. The molecule has 2 heterocycles. The van der Waals surface area contributed by atoms with Gasteiger partial charge in [-0.2, -0.15) is 0 Å². The van der Waals surface area contributed by atoms with Crippen molar-refractivity contribution in [1.82, 2.24) is 25.0 Å². The topological polar surface area (TPSA) is 63.1 Å². The zero-order chi connectivity index (χ0) is 24.0. The molecule has 0 aliphatic carbocycles. The molecule has 0 bridgehead atoms. The van der Waals surface area contributed by atoms with E-state index in [1.807, 2.05) is 37.3 Å². The number of hydrogen-bond donors (Lipinski definition) is 1. The van der Waals surface area contributed by atoms with Gasteiger partial charge in [0.1, 0.15) is 0 Å². The molecule has 180 valence electrons. The first-order valence-corrected chi connectivity index (χ1v) is 13.3. The molecule has 1 atom stereocenters. The number of likely N-dealkylation sites (tertiary alicyclic amines) is 1. The first-order valence-electron chi connectivity index (χ1n) is 12.3. The zero-order valence-electron chi connectivity index (χ0n) is 20.1. The Morgan fingerprint density at radius 1 is 0.943 bits per heavy atom. The summed E-state index contributed by atoms with van der Waals surface area (Å²) in [5, 5.41) is 15.3. The quantitative estimate of drug-likeness (QED) is 0.340. The van der Waals surface area contributed by atoms with E-state index in [1.54, 1.807) is 0 Å². The van der Waals surface area contributed by atoms with E-state index in [0.717, 1.165) is 41.9 Å². The maximum Gasteiger partial charge on any atom is 0.230 e. The Kier molecular flexibility index (Phi) is 7.45. The van der Waals surface area contributed by atoms with E-state index < -0.39 is 0 Å². The van der Waals surface area contributed by atoms with Gasteiger partial charge in [-0.1, -0.05) is 72.8 Å². The van der Waals surface area contributed by atoms with E-state index in [0.29, 0.717) is 0 Å². The second-order valence-corrected chi connectivity index (χ2v) is 10.0. The predicted molar refractivity (Wildman–Crippen MR) is 142 cm³/mol. The minimum absolute atomic E-state index is 0.0177. The first-order chi connectivity index (χ1) is 17.2. The molecule has 7 heteroatoms.